The summed E-state index contributed by atoms with van der Waals surface area (Å²) in [5.41, 5.74) is 1.33. The molecule has 1 aromatic rings. The van der Waals surface area contributed by atoms with Crippen LogP contribution in [0.1, 0.15) is 37.6 Å². The lowest BCUT2D eigenvalue weighted by Crippen LogP contribution is -2.34. The zero-order chi connectivity index (χ0) is 12.3. The predicted octanol–water partition coefficient (Wildman–Crippen LogP) is 2.28. The van der Waals surface area contributed by atoms with E-state index >= 15 is 0 Å². The molecular weight excluding hydrogens is 212 g/mol. The SMILES string of the molecule is CCC1CCN(c2nc(C)cc(C#N)n2)CC1. The molecular formula is C13H18N4. The Morgan fingerprint density at radius 2 is 2.12 bits per heavy atom. The van der Waals surface area contributed by atoms with E-state index in [0.717, 1.165) is 30.6 Å². The smallest absolute Gasteiger partial charge is 0.226 e. The summed E-state index contributed by atoms with van der Waals surface area (Å²) in [6, 6.07) is 3.81. The van der Waals surface area contributed by atoms with Crippen molar-refractivity contribution in [1.29, 1.82) is 5.26 Å². The number of piperidine rings is 1. The molecule has 17 heavy (non-hydrogen) atoms. The second kappa shape index (κ2) is 5.13. The van der Waals surface area contributed by atoms with Crippen LogP contribution in [0.4, 0.5) is 5.95 Å². The maximum absolute atomic E-state index is 8.91. The molecule has 1 fully saturated rings. The minimum absolute atomic E-state index is 0.463. The molecule has 4 heteroatoms. The highest BCUT2D eigenvalue weighted by Gasteiger charge is 2.20. The van der Waals surface area contributed by atoms with Gasteiger partial charge < -0.3 is 4.90 Å². The van der Waals surface area contributed by atoms with Crippen molar-refractivity contribution in [1.82, 2.24) is 9.97 Å². The predicted molar refractivity (Wildman–Crippen MR) is 66.7 cm³/mol. The van der Waals surface area contributed by atoms with Gasteiger partial charge in [0.15, 0.2) is 0 Å². The lowest BCUT2D eigenvalue weighted by atomic mass is 9.95. The fourth-order valence-electron chi connectivity index (χ4n) is 2.29. The second-order valence-electron chi connectivity index (χ2n) is 4.65. The van der Waals surface area contributed by atoms with E-state index in [1.807, 2.05) is 6.92 Å². The van der Waals surface area contributed by atoms with Crippen molar-refractivity contribution in [2.45, 2.75) is 33.1 Å². The summed E-state index contributed by atoms with van der Waals surface area (Å²) in [7, 11) is 0. The Kier molecular flexibility index (Phi) is 3.58. The van der Waals surface area contributed by atoms with Gasteiger partial charge in [0, 0.05) is 18.8 Å². The first-order valence-electron chi connectivity index (χ1n) is 6.23. The van der Waals surface area contributed by atoms with Gasteiger partial charge in [-0.05, 0) is 31.7 Å². The summed E-state index contributed by atoms with van der Waals surface area (Å²) in [6.07, 6.45) is 3.66. The van der Waals surface area contributed by atoms with Crippen molar-refractivity contribution in [3.8, 4) is 6.07 Å². The Balaban J connectivity index is 2.13. The van der Waals surface area contributed by atoms with Crippen LogP contribution in [0, 0.1) is 24.2 Å². The van der Waals surface area contributed by atoms with Gasteiger partial charge in [-0.15, -0.1) is 0 Å². The summed E-state index contributed by atoms with van der Waals surface area (Å²) in [6.45, 7) is 6.17. The van der Waals surface area contributed by atoms with E-state index in [1.54, 1.807) is 6.07 Å². The highest BCUT2D eigenvalue weighted by atomic mass is 15.3. The Bertz CT molecular complexity index is 428. The Hall–Kier alpha value is -1.63. The van der Waals surface area contributed by atoms with Crippen LogP contribution < -0.4 is 4.90 Å². The van der Waals surface area contributed by atoms with Crippen molar-refractivity contribution in [3.05, 3.63) is 17.5 Å². The Morgan fingerprint density at radius 3 is 2.71 bits per heavy atom. The Labute approximate surface area is 102 Å². The molecule has 0 unspecified atom stereocenters. The average Bonchev–Trinajstić information content (AvgIpc) is 2.38. The molecule has 2 heterocycles. The number of aromatic nitrogens is 2. The minimum atomic E-state index is 0.463. The molecule has 4 nitrogen and oxygen atoms in total. The molecule has 0 N–H and O–H groups in total. The molecule has 1 saturated heterocycles. The first kappa shape index (κ1) is 11.8. The molecule has 1 aromatic heterocycles. The lowest BCUT2D eigenvalue weighted by Gasteiger charge is -2.31. The van der Waals surface area contributed by atoms with Gasteiger partial charge in [0.05, 0.1) is 0 Å². The standard InChI is InChI=1S/C13H18N4/c1-3-11-4-6-17(7-5-11)13-15-10(2)8-12(9-14)16-13/h8,11H,3-7H2,1-2H3. The van der Waals surface area contributed by atoms with E-state index in [1.165, 1.54) is 19.3 Å². The van der Waals surface area contributed by atoms with Crippen LogP contribution >= 0.6 is 0 Å². The van der Waals surface area contributed by atoms with Gasteiger partial charge in [-0.2, -0.15) is 5.26 Å². The van der Waals surface area contributed by atoms with Gasteiger partial charge in [0.1, 0.15) is 11.8 Å². The van der Waals surface area contributed by atoms with E-state index in [9.17, 15) is 0 Å². The quantitative estimate of drug-likeness (QED) is 0.782. The number of hydrogen-bond acceptors (Lipinski definition) is 4. The maximum Gasteiger partial charge on any atom is 0.226 e. The van der Waals surface area contributed by atoms with Crippen molar-refractivity contribution in [2.75, 3.05) is 18.0 Å². The van der Waals surface area contributed by atoms with Crippen molar-refractivity contribution in [2.24, 2.45) is 5.92 Å². The molecule has 0 saturated carbocycles. The lowest BCUT2D eigenvalue weighted by molar-refractivity contribution is 0.392. The molecule has 2 rings (SSSR count). The monoisotopic (exact) mass is 230 g/mol. The van der Waals surface area contributed by atoms with Crippen LogP contribution in [0.2, 0.25) is 0 Å². The summed E-state index contributed by atoms with van der Waals surface area (Å²) < 4.78 is 0. The van der Waals surface area contributed by atoms with Gasteiger partial charge >= 0.3 is 0 Å². The zero-order valence-corrected chi connectivity index (χ0v) is 10.5. The summed E-state index contributed by atoms with van der Waals surface area (Å²) in [4.78, 5) is 10.9. The second-order valence-corrected chi connectivity index (χ2v) is 4.65. The summed E-state index contributed by atoms with van der Waals surface area (Å²) in [5.74, 6) is 1.56. The van der Waals surface area contributed by atoms with E-state index in [0.29, 0.717) is 5.69 Å². The van der Waals surface area contributed by atoms with Gasteiger partial charge in [-0.3, -0.25) is 0 Å². The van der Waals surface area contributed by atoms with E-state index in [2.05, 4.69) is 27.9 Å². The number of nitriles is 1. The van der Waals surface area contributed by atoms with Crippen LogP contribution in [0.15, 0.2) is 6.07 Å². The van der Waals surface area contributed by atoms with Crippen LogP contribution in [0.25, 0.3) is 0 Å². The number of anilines is 1. The third-order valence-electron chi connectivity index (χ3n) is 3.43. The molecule has 0 spiro atoms. The highest BCUT2D eigenvalue weighted by Crippen LogP contribution is 2.22. The van der Waals surface area contributed by atoms with Gasteiger partial charge in [0.25, 0.3) is 0 Å². The molecule has 0 radical (unpaired) electrons. The fourth-order valence-corrected chi connectivity index (χ4v) is 2.29. The molecule has 0 atom stereocenters. The summed E-state index contributed by atoms with van der Waals surface area (Å²) >= 11 is 0. The zero-order valence-electron chi connectivity index (χ0n) is 10.5. The number of nitrogens with zero attached hydrogens (tertiary/aromatic N) is 4. The van der Waals surface area contributed by atoms with Gasteiger partial charge in [-0.1, -0.05) is 13.3 Å². The van der Waals surface area contributed by atoms with Crippen LogP contribution in [-0.4, -0.2) is 23.1 Å². The van der Waals surface area contributed by atoms with Crippen molar-refractivity contribution >= 4 is 5.95 Å². The topological polar surface area (TPSA) is 52.8 Å². The first-order valence-corrected chi connectivity index (χ1v) is 6.23. The summed E-state index contributed by atoms with van der Waals surface area (Å²) in [5, 5.41) is 8.91. The number of rotatable bonds is 2. The molecule has 1 aliphatic rings. The van der Waals surface area contributed by atoms with Gasteiger partial charge in [0.2, 0.25) is 5.95 Å². The molecule has 0 aliphatic carbocycles. The normalized spacial score (nSPS) is 16.9. The molecule has 1 aliphatic heterocycles. The van der Waals surface area contributed by atoms with E-state index < -0.39 is 0 Å². The maximum atomic E-state index is 8.91. The molecule has 0 amide bonds. The van der Waals surface area contributed by atoms with E-state index in [4.69, 9.17) is 5.26 Å². The first-order chi connectivity index (χ1) is 8.22. The number of aryl methyl sites for hydroxylation is 1. The van der Waals surface area contributed by atoms with Crippen LogP contribution in [0.5, 0.6) is 0 Å². The molecule has 0 bridgehead atoms. The van der Waals surface area contributed by atoms with Crippen molar-refractivity contribution in [3.63, 3.8) is 0 Å². The van der Waals surface area contributed by atoms with Gasteiger partial charge in [-0.25, -0.2) is 9.97 Å². The van der Waals surface area contributed by atoms with Crippen molar-refractivity contribution < 1.29 is 0 Å². The number of hydrogen-bond donors (Lipinski definition) is 0. The minimum Gasteiger partial charge on any atom is -0.341 e. The largest absolute Gasteiger partial charge is 0.341 e. The third kappa shape index (κ3) is 2.73. The molecule has 90 valence electrons. The van der Waals surface area contributed by atoms with Crippen LogP contribution in [-0.2, 0) is 0 Å². The van der Waals surface area contributed by atoms with E-state index in [-0.39, 0.29) is 0 Å². The third-order valence-corrected chi connectivity index (χ3v) is 3.43. The van der Waals surface area contributed by atoms with Crippen LogP contribution in [0.3, 0.4) is 0 Å². The average molecular weight is 230 g/mol. The molecule has 0 aromatic carbocycles. The fraction of sp³-hybridized carbons (Fsp3) is 0.615. The highest BCUT2D eigenvalue weighted by molar-refractivity contribution is 5.36. The Morgan fingerprint density at radius 1 is 1.41 bits per heavy atom.